The van der Waals surface area contributed by atoms with Crippen molar-refractivity contribution in [3.8, 4) is 0 Å². The van der Waals surface area contributed by atoms with Crippen LogP contribution in [0.15, 0.2) is 23.4 Å². The molecule has 0 amide bonds. The molecule has 0 aromatic heterocycles. The van der Waals surface area contributed by atoms with Crippen LogP contribution in [0.3, 0.4) is 0 Å². The molecule has 0 aromatic rings. The highest BCUT2D eigenvalue weighted by atomic mass is 14.9. The molecule has 1 radical (unpaired) electrons. The SMILES string of the molecule is CCC1=C([C](C)C)NCC=C1. The van der Waals surface area contributed by atoms with Crippen LogP contribution in [0.5, 0.6) is 0 Å². The summed E-state index contributed by atoms with van der Waals surface area (Å²) in [6, 6.07) is 0. The predicted molar refractivity (Wildman–Crippen MR) is 49.1 cm³/mol. The van der Waals surface area contributed by atoms with E-state index in [2.05, 4.69) is 38.2 Å². The normalized spacial score (nSPS) is 17.5. The highest BCUT2D eigenvalue weighted by molar-refractivity contribution is 5.35. The van der Waals surface area contributed by atoms with Gasteiger partial charge in [0.05, 0.1) is 0 Å². The lowest BCUT2D eigenvalue weighted by Gasteiger charge is -2.19. The van der Waals surface area contributed by atoms with Gasteiger partial charge in [0.25, 0.3) is 0 Å². The zero-order valence-corrected chi connectivity index (χ0v) is 7.57. The van der Waals surface area contributed by atoms with Crippen LogP contribution < -0.4 is 5.32 Å². The van der Waals surface area contributed by atoms with E-state index in [4.69, 9.17) is 0 Å². The molecular weight excluding hydrogens is 134 g/mol. The van der Waals surface area contributed by atoms with Crippen LogP contribution in [0.25, 0.3) is 0 Å². The van der Waals surface area contributed by atoms with E-state index < -0.39 is 0 Å². The second-order valence-electron chi connectivity index (χ2n) is 3.04. The summed E-state index contributed by atoms with van der Waals surface area (Å²) in [4.78, 5) is 0. The van der Waals surface area contributed by atoms with Gasteiger partial charge in [-0.25, -0.2) is 0 Å². The molecule has 0 atom stereocenters. The fraction of sp³-hybridized carbons (Fsp3) is 0.500. The average Bonchev–Trinajstić information content (AvgIpc) is 2.04. The Kier molecular flexibility index (Phi) is 2.75. The number of nitrogens with one attached hydrogen (secondary N) is 1. The zero-order chi connectivity index (χ0) is 8.27. The third-order valence-electron chi connectivity index (χ3n) is 1.92. The van der Waals surface area contributed by atoms with Crippen molar-refractivity contribution in [3.63, 3.8) is 0 Å². The molecule has 0 bridgehead atoms. The smallest absolute Gasteiger partial charge is 0.0331 e. The van der Waals surface area contributed by atoms with E-state index in [0.29, 0.717) is 0 Å². The summed E-state index contributed by atoms with van der Waals surface area (Å²) in [7, 11) is 0. The summed E-state index contributed by atoms with van der Waals surface area (Å²) in [5.41, 5.74) is 2.77. The molecule has 0 unspecified atom stereocenters. The van der Waals surface area contributed by atoms with Gasteiger partial charge in [0, 0.05) is 18.2 Å². The maximum absolute atomic E-state index is 3.38. The number of rotatable bonds is 2. The van der Waals surface area contributed by atoms with Gasteiger partial charge in [0.1, 0.15) is 0 Å². The first-order valence-electron chi connectivity index (χ1n) is 4.19. The minimum Gasteiger partial charge on any atom is -0.384 e. The lowest BCUT2D eigenvalue weighted by molar-refractivity contribution is 0.818. The van der Waals surface area contributed by atoms with E-state index in [0.717, 1.165) is 13.0 Å². The van der Waals surface area contributed by atoms with E-state index >= 15 is 0 Å². The third kappa shape index (κ3) is 1.86. The molecule has 1 heteroatoms. The number of allylic oxidation sites excluding steroid dienone is 3. The van der Waals surface area contributed by atoms with Crippen LogP contribution >= 0.6 is 0 Å². The quantitative estimate of drug-likeness (QED) is 0.637. The second-order valence-corrected chi connectivity index (χ2v) is 3.04. The Bertz CT molecular complexity index is 187. The Labute approximate surface area is 69.2 Å². The third-order valence-corrected chi connectivity index (χ3v) is 1.92. The summed E-state index contributed by atoms with van der Waals surface area (Å²) in [6.07, 6.45) is 5.51. The first-order chi connectivity index (χ1) is 5.25. The van der Waals surface area contributed by atoms with Crippen LogP contribution in [-0.2, 0) is 0 Å². The molecule has 1 heterocycles. The summed E-state index contributed by atoms with van der Waals surface area (Å²) in [5, 5.41) is 3.38. The summed E-state index contributed by atoms with van der Waals surface area (Å²) in [6.45, 7) is 7.47. The molecule has 1 nitrogen and oxygen atoms in total. The van der Waals surface area contributed by atoms with Crippen molar-refractivity contribution in [3.05, 3.63) is 29.3 Å². The highest BCUT2D eigenvalue weighted by Gasteiger charge is 2.09. The van der Waals surface area contributed by atoms with Crippen LogP contribution in [0, 0.1) is 5.92 Å². The molecule has 0 saturated carbocycles. The number of hydrogen-bond donors (Lipinski definition) is 1. The Morgan fingerprint density at radius 2 is 2.27 bits per heavy atom. The molecule has 61 valence electrons. The van der Waals surface area contributed by atoms with Crippen molar-refractivity contribution >= 4 is 0 Å². The second kappa shape index (κ2) is 3.61. The first-order valence-corrected chi connectivity index (χ1v) is 4.19. The number of dihydropyridines is 1. The van der Waals surface area contributed by atoms with Crippen molar-refractivity contribution < 1.29 is 0 Å². The van der Waals surface area contributed by atoms with Gasteiger partial charge < -0.3 is 5.32 Å². The average molecular weight is 150 g/mol. The van der Waals surface area contributed by atoms with Gasteiger partial charge in [-0.1, -0.05) is 32.9 Å². The molecule has 0 saturated heterocycles. The molecule has 0 aliphatic carbocycles. The van der Waals surface area contributed by atoms with Crippen molar-refractivity contribution in [1.29, 1.82) is 0 Å². The Morgan fingerprint density at radius 3 is 2.73 bits per heavy atom. The van der Waals surface area contributed by atoms with Gasteiger partial charge >= 0.3 is 0 Å². The topological polar surface area (TPSA) is 12.0 Å². The van der Waals surface area contributed by atoms with Gasteiger partial charge in [-0.3, -0.25) is 0 Å². The van der Waals surface area contributed by atoms with Gasteiger partial charge in [-0.15, -0.1) is 0 Å². The Morgan fingerprint density at radius 1 is 1.55 bits per heavy atom. The monoisotopic (exact) mass is 150 g/mol. The Balaban J connectivity index is 2.82. The largest absolute Gasteiger partial charge is 0.384 e. The molecule has 0 spiro atoms. The molecular formula is C10H16N. The van der Waals surface area contributed by atoms with E-state index in [1.54, 1.807) is 0 Å². The minimum atomic E-state index is 0.976. The predicted octanol–water partition coefficient (Wildman–Crippen LogP) is 2.42. The van der Waals surface area contributed by atoms with E-state index in [1.807, 2.05) is 0 Å². The van der Waals surface area contributed by atoms with Crippen LogP contribution in [0.4, 0.5) is 0 Å². The maximum Gasteiger partial charge on any atom is 0.0331 e. The minimum absolute atomic E-state index is 0.976. The van der Waals surface area contributed by atoms with E-state index in [1.165, 1.54) is 17.2 Å². The molecule has 1 rings (SSSR count). The fourth-order valence-corrected chi connectivity index (χ4v) is 1.35. The molecule has 1 aliphatic heterocycles. The van der Waals surface area contributed by atoms with Gasteiger partial charge in [0.2, 0.25) is 0 Å². The van der Waals surface area contributed by atoms with Gasteiger partial charge in [0.15, 0.2) is 0 Å². The molecule has 11 heavy (non-hydrogen) atoms. The molecule has 0 fully saturated rings. The van der Waals surface area contributed by atoms with E-state index in [-0.39, 0.29) is 0 Å². The number of hydrogen-bond acceptors (Lipinski definition) is 1. The van der Waals surface area contributed by atoms with Crippen LogP contribution in [-0.4, -0.2) is 6.54 Å². The van der Waals surface area contributed by atoms with Crippen molar-refractivity contribution in [2.24, 2.45) is 0 Å². The van der Waals surface area contributed by atoms with Crippen LogP contribution in [0.2, 0.25) is 0 Å². The fourth-order valence-electron chi connectivity index (χ4n) is 1.35. The summed E-state index contributed by atoms with van der Waals surface area (Å²) >= 11 is 0. The van der Waals surface area contributed by atoms with E-state index in [9.17, 15) is 0 Å². The standard InChI is InChI=1S/C10H16N/c1-4-9-6-5-7-11-10(9)8(2)3/h5-6,11H,4,7H2,1-3H3. The molecule has 1 N–H and O–H groups in total. The summed E-state index contributed by atoms with van der Waals surface area (Å²) < 4.78 is 0. The Hall–Kier alpha value is -0.720. The van der Waals surface area contributed by atoms with Crippen LogP contribution in [0.1, 0.15) is 27.2 Å². The maximum atomic E-state index is 3.38. The highest BCUT2D eigenvalue weighted by Crippen LogP contribution is 2.19. The lowest BCUT2D eigenvalue weighted by Crippen LogP contribution is -2.21. The first kappa shape index (κ1) is 8.38. The molecule has 1 aliphatic rings. The van der Waals surface area contributed by atoms with Gasteiger partial charge in [-0.05, 0) is 12.0 Å². The summed E-state index contributed by atoms with van der Waals surface area (Å²) in [5.74, 6) is 1.38. The van der Waals surface area contributed by atoms with Crippen molar-refractivity contribution in [2.75, 3.05) is 6.54 Å². The van der Waals surface area contributed by atoms with Gasteiger partial charge in [-0.2, -0.15) is 0 Å². The lowest BCUT2D eigenvalue weighted by atomic mass is 10.00. The zero-order valence-electron chi connectivity index (χ0n) is 7.57. The van der Waals surface area contributed by atoms with Crippen molar-refractivity contribution in [2.45, 2.75) is 27.2 Å². The molecule has 0 aromatic carbocycles. The van der Waals surface area contributed by atoms with Crippen molar-refractivity contribution in [1.82, 2.24) is 5.32 Å².